The lowest BCUT2D eigenvalue weighted by molar-refractivity contribution is -0.142. The molecule has 4 nitrogen and oxygen atoms in total. The molecule has 1 fully saturated rings. The Labute approximate surface area is 193 Å². The van der Waals surface area contributed by atoms with Gasteiger partial charge in [0.25, 0.3) is 0 Å². The molecular weight excluding hydrogens is 432 g/mol. The maximum absolute atomic E-state index is 12.5. The van der Waals surface area contributed by atoms with E-state index < -0.39 is 34.2 Å². The number of alkyl halides is 1. The Morgan fingerprint density at radius 2 is 1.13 bits per heavy atom. The van der Waals surface area contributed by atoms with Crippen LogP contribution in [0.3, 0.4) is 0 Å². The Hall–Kier alpha value is 0.114. The van der Waals surface area contributed by atoms with E-state index in [0.29, 0.717) is 39.9 Å². The van der Waals surface area contributed by atoms with Gasteiger partial charge in [-0.15, -0.1) is 11.6 Å². The number of carbonyl (C=O) groups is 1. The second kappa shape index (κ2) is 10.8. The molecule has 3 atom stereocenters. The zero-order chi connectivity index (χ0) is 23.6. The van der Waals surface area contributed by atoms with Gasteiger partial charge in [-0.1, -0.05) is 83.1 Å². The standard InChI is InChI=1S/C23H47ClO4Si2/c1-14(2)29(15(3)4,16(5)6)26-13-20-22(21(24)23(25)27-20)28-30(17(7)8,18(9)10)19(11)12/h14-22H,13H2,1-12H3/t20-,21?,22-/m1/s1. The number of esters is 1. The summed E-state index contributed by atoms with van der Waals surface area (Å²) in [5.74, 6) is -0.375. The van der Waals surface area contributed by atoms with Gasteiger partial charge < -0.3 is 13.6 Å². The van der Waals surface area contributed by atoms with Crippen molar-refractivity contribution in [3.8, 4) is 0 Å². The Bertz CT molecular complexity index is 520. The minimum Gasteiger partial charge on any atom is -0.456 e. The molecule has 1 rings (SSSR count). The van der Waals surface area contributed by atoms with Crippen LogP contribution in [0.4, 0.5) is 0 Å². The minimum atomic E-state index is -2.21. The fourth-order valence-corrected chi connectivity index (χ4v) is 17.6. The molecule has 0 bridgehead atoms. The van der Waals surface area contributed by atoms with Crippen molar-refractivity contribution in [2.24, 2.45) is 0 Å². The number of hydrogen-bond donors (Lipinski definition) is 0. The van der Waals surface area contributed by atoms with Crippen LogP contribution in [-0.2, 0) is 18.4 Å². The summed E-state index contributed by atoms with van der Waals surface area (Å²) in [6.45, 7) is 27.4. The molecule has 1 aliphatic heterocycles. The van der Waals surface area contributed by atoms with E-state index in [-0.39, 0.29) is 5.97 Å². The predicted octanol–water partition coefficient (Wildman–Crippen LogP) is 7.27. The first-order chi connectivity index (χ1) is 13.7. The van der Waals surface area contributed by atoms with Crippen LogP contribution in [0.2, 0.25) is 33.2 Å². The van der Waals surface area contributed by atoms with Gasteiger partial charge in [0.1, 0.15) is 6.10 Å². The molecule has 0 aromatic carbocycles. The van der Waals surface area contributed by atoms with Gasteiger partial charge >= 0.3 is 5.97 Å². The maximum Gasteiger partial charge on any atom is 0.327 e. The average molecular weight is 479 g/mol. The largest absolute Gasteiger partial charge is 0.456 e. The van der Waals surface area contributed by atoms with Gasteiger partial charge in [-0.25, -0.2) is 0 Å². The van der Waals surface area contributed by atoms with E-state index in [9.17, 15) is 4.79 Å². The molecule has 0 aromatic heterocycles. The van der Waals surface area contributed by atoms with Crippen molar-refractivity contribution in [3.05, 3.63) is 0 Å². The number of hydrogen-bond acceptors (Lipinski definition) is 4. The molecule has 0 aliphatic carbocycles. The first kappa shape index (κ1) is 28.1. The second-order valence-corrected chi connectivity index (χ2v) is 22.2. The van der Waals surface area contributed by atoms with E-state index in [1.165, 1.54) is 0 Å². The average Bonchev–Trinajstić information content (AvgIpc) is 2.85. The van der Waals surface area contributed by atoms with Crippen molar-refractivity contribution in [3.63, 3.8) is 0 Å². The number of rotatable bonds is 11. The minimum absolute atomic E-state index is 0.374. The molecule has 178 valence electrons. The highest BCUT2D eigenvalue weighted by molar-refractivity contribution is 6.78. The fourth-order valence-electron chi connectivity index (χ4n) is 6.24. The molecule has 0 spiro atoms. The summed E-state index contributed by atoms with van der Waals surface area (Å²) in [5.41, 5.74) is 2.64. The van der Waals surface area contributed by atoms with E-state index in [4.69, 9.17) is 25.2 Å². The summed E-state index contributed by atoms with van der Waals surface area (Å²) < 4.78 is 19.4. The lowest BCUT2D eigenvalue weighted by Crippen LogP contribution is -2.55. The summed E-state index contributed by atoms with van der Waals surface area (Å²) in [6, 6.07) is 0. The molecule has 1 aliphatic rings. The van der Waals surface area contributed by atoms with Crippen molar-refractivity contribution in [2.45, 2.75) is 134 Å². The maximum atomic E-state index is 12.5. The van der Waals surface area contributed by atoms with Crippen molar-refractivity contribution in [2.75, 3.05) is 6.61 Å². The van der Waals surface area contributed by atoms with Gasteiger partial charge in [0.15, 0.2) is 11.5 Å². The third-order valence-corrected chi connectivity index (χ3v) is 20.0. The quantitative estimate of drug-likeness (QED) is 0.178. The normalized spacial score (nSPS) is 23.7. The van der Waals surface area contributed by atoms with Gasteiger partial charge in [0, 0.05) is 0 Å². The van der Waals surface area contributed by atoms with Crippen molar-refractivity contribution in [1.29, 1.82) is 0 Å². The lowest BCUT2D eigenvalue weighted by Gasteiger charge is -2.45. The number of carbonyl (C=O) groups excluding carboxylic acids is 1. The smallest absolute Gasteiger partial charge is 0.327 e. The number of halogens is 1. The number of cyclic esters (lactones) is 1. The summed E-state index contributed by atoms with van der Waals surface area (Å²) in [4.78, 5) is 12.5. The highest BCUT2D eigenvalue weighted by atomic mass is 35.5. The summed E-state index contributed by atoms with van der Waals surface area (Å²) in [5, 5.41) is -0.769. The van der Waals surface area contributed by atoms with Gasteiger partial charge in [-0.05, 0) is 33.2 Å². The summed E-state index contributed by atoms with van der Waals surface area (Å²) in [7, 11) is -4.28. The third kappa shape index (κ3) is 5.19. The van der Waals surface area contributed by atoms with Gasteiger partial charge in [0.2, 0.25) is 16.6 Å². The molecule has 1 unspecified atom stereocenters. The van der Waals surface area contributed by atoms with E-state index in [1.54, 1.807) is 0 Å². The van der Waals surface area contributed by atoms with Gasteiger partial charge in [-0.3, -0.25) is 4.79 Å². The zero-order valence-corrected chi connectivity index (χ0v) is 24.2. The highest BCUT2D eigenvalue weighted by Gasteiger charge is 2.54. The molecule has 7 heteroatoms. The third-order valence-electron chi connectivity index (χ3n) is 7.40. The Morgan fingerprint density at radius 1 is 0.767 bits per heavy atom. The van der Waals surface area contributed by atoms with E-state index in [2.05, 4.69) is 83.1 Å². The van der Waals surface area contributed by atoms with Crippen LogP contribution in [0.1, 0.15) is 83.1 Å². The summed E-state index contributed by atoms with van der Waals surface area (Å²) in [6.07, 6.45) is -0.887. The molecule has 0 amide bonds. The van der Waals surface area contributed by atoms with Crippen LogP contribution >= 0.6 is 11.6 Å². The van der Waals surface area contributed by atoms with Crippen molar-refractivity contribution < 1.29 is 18.4 Å². The fraction of sp³-hybridized carbons (Fsp3) is 0.957. The molecule has 30 heavy (non-hydrogen) atoms. The van der Waals surface area contributed by atoms with Crippen LogP contribution in [-0.4, -0.2) is 46.8 Å². The van der Waals surface area contributed by atoms with Gasteiger partial charge in [0.05, 0.1) is 6.61 Å². The monoisotopic (exact) mass is 478 g/mol. The molecule has 0 N–H and O–H groups in total. The van der Waals surface area contributed by atoms with E-state index in [0.717, 1.165) is 0 Å². The molecular formula is C23H47ClO4Si2. The molecule has 1 saturated heterocycles. The first-order valence-corrected chi connectivity index (χ1v) is 16.5. The Morgan fingerprint density at radius 3 is 1.47 bits per heavy atom. The molecule has 0 aromatic rings. The highest BCUT2D eigenvalue weighted by Crippen LogP contribution is 2.46. The van der Waals surface area contributed by atoms with Crippen molar-refractivity contribution in [1.82, 2.24) is 0 Å². The SMILES string of the molecule is CC(C)[Si](OC[C@H]1OC(=O)C(Cl)[C@@H]1O[Si](C(C)C)(C(C)C)C(C)C)(C(C)C)C(C)C. The second-order valence-electron chi connectivity index (χ2n) is 10.9. The van der Waals surface area contributed by atoms with Crippen LogP contribution in [0.25, 0.3) is 0 Å². The Kier molecular flexibility index (Phi) is 10.2. The summed E-state index contributed by atoms with van der Waals surface area (Å²) >= 11 is 6.56. The predicted molar refractivity (Wildman–Crippen MR) is 132 cm³/mol. The van der Waals surface area contributed by atoms with Crippen LogP contribution < -0.4 is 0 Å². The Balaban J connectivity index is 3.22. The van der Waals surface area contributed by atoms with Crippen LogP contribution in [0, 0.1) is 0 Å². The molecule has 0 radical (unpaired) electrons. The zero-order valence-electron chi connectivity index (χ0n) is 21.4. The first-order valence-electron chi connectivity index (χ1n) is 11.8. The van der Waals surface area contributed by atoms with Crippen LogP contribution in [0.5, 0.6) is 0 Å². The van der Waals surface area contributed by atoms with E-state index in [1.807, 2.05) is 0 Å². The lowest BCUT2D eigenvalue weighted by atomic mass is 10.2. The van der Waals surface area contributed by atoms with Crippen molar-refractivity contribution >= 4 is 34.2 Å². The van der Waals surface area contributed by atoms with Gasteiger partial charge in [-0.2, -0.15) is 0 Å². The molecule has 0 saturated carbocycles. The molecule has 1 heterocycles. The topological polar surface area (TPSA) is 44.8 Å². The number of ether oxygens (including phenoxy) is 1. The van der Waals surface area contributed by atoms with E-state index >= 15 is 0 Å². The van der Waals surface area contributed by atoms with Crippen LogP contribution in [0.15, 0.2) is 0 Å².